The first-order chi connectivity index (χ1) is 13.1. The van der Waals surface area contributed by atoms with Crippen molar-refractivity contribution >= 4 is 11.9 Å². The fraction of sp³-hybridized carbons (Fsp3) is 0.450. The smallest absolute Gasteiger partial charge is 0.257 e. The number of ether oxygens (including phenoxy) is 1. The quantitative estimate of drug-likeness (QED) is 0.872. The summed E-state index contributed by atoms with van der Waals surface area (Å²) in [6.45, 7) is 1.83. The zero-order chi connectivity index (χ0) is 18.8. The van der Waals surface area contributed by atoms with Crippen LogP contribution in [0.1, 0.15) is 49.5 Å². The Morgan fingerprint density at radius 1 is 1.19 bits per heavy atom. The molecule has 7 nitrogen and oxygen atoms in total. The zero-order valence-corrected chi connectivity index (χ0v) is 15.7. The third-order valence-electron chi connectivity index (χ3n) is 5.17. The van der Waals surface area contributed by atoms with Crippen LogP contribution in [0.4, 0.5) is 5.95 Å². The maximum absolute atomic E-state index is 12.7. The molecule has 1 atom stereocenters. The highest BCUT2D eigenvalue weighted by atomic mass is 16.5. The van der Waals surface area contributed by atoms with Crippen LogP contribution in [0.5, 0.6) is 5.75 Å². The molecule has 0 amide bonds. The number of rotatable bonds is 3. The van der Waals surface area contributed by atoms with Crippen LogP contribution in [0.3, 0.4) is 0 Å². The average molecular weight is 367 g/mol. The Morgan fingerprint density at radius 3 is 2.63 bits per heavy atom. The van der Waals surface area contributed by atoms with Crippen molar-refractivity contribution in [1.82, 2.24) is 14.9 Å². The zero-order valence-electron chi connectivity index (χ0n) is 15.7. The Morgan fingerprint density at radius 2 is 1.93 bits per heavy atom. The van der Waals surface area contributed by atoms with Crippen LogP contribution in [0, 0.1) is 6.92 Å². The molecule has 0 spiro atoms. The lowest BCUT2D eigenvalue weighted by molar-refractivity contribution is 0.410. The molecule has 0 radical (unpaired) electrons. The SMILES string of the molecule is COc1ccc([C@H]2N=C(NC3CCCCC3)Nc3nc(C)cc(=O)n32)cc1. The van der Waals surface area contributed by atoms with E-state index in [0.717, 1.165) is 24.2 Å². The van der Waals surface area contributed by atoms with E-state index < -0.39 is 6.17 Å². The molecule has 2 aliphatic rings. The largest absolute Gasteiger partial charge is 0.497 e. The van der Waals surface area contributed by atoms with E-state index in [1.165, 1.54) is 25.3 Å². The number of aliphatic imine (C=N–C) groups is 1. The lowest BCUT2D eigenvalue weighted by Gasteiger charge is -2.30. The van der Waals surface area contributed by atoms with E-state index in [1.54, 1.807) is 11.7 Å². The molecule has 2 aromatic rings. The number of guanidine groups is 1. The van der Waals surface area contributed by atoms with Gasteiger partial charge in [-0.3, -0.25) is 14.7 Å². The topological polar surface area (TPSA) is 80.5 Å². The molecule has 1 aliphatic heterocycles. The van der Waals surface area contributed by atoms with Gasteiger partial charge in [0, 0.05) is 17.8 Å². The Hall–Kier alpha value is -2.83. The second kappa shape index (κ2) is 7.42. The summed E-state index contributed by atoms with van der Waals surface area (Å²) in [5.74, 6) is 1.97. The van der Waals surface area contributed by atoms with E-state index in [-0.39, 0.29) is 5.56 Å². The van der Waals surface area contributed by atoms with Gasteiger partial charge < -0.3 is 10.1 Å². The van der Waals surface area contributed by atoms with Gasteiger partial charge in [-0.15, -0.1) is 0 Å². The Kier molecular flexibility index (Phi) is 4.83. The van der Waals surface area contributed by atoms with Gasteiger partial charge in [-0.05, 0) is 37.5 Å². The van der Waals surface area contributed by atoms with Gasteiger partial charge >= 0.3 is 0 Å². The first-order valence-electron chi connectivity index (χ1n) is 9.49. The third kappa shape index (κ3) is 3.67. The molecule has 0 bridgehead atoms. The molecular formula is C20H25N5O2. The van der Waals surface area contributed by atoms with Gasteiger partial charge in [0.25, 0.3) is 5.56 Å². The standard InChI is InChI=1S/C20H25N5O2/c1-13-12-17(26)25-18(14-8-10-16(27-2)11-9-14)23-19(24-20(25)21-13)22-15-6-4-3-5-7-15/h8-12,15,18H,3-7H2,1-2H3,(H2,21,22,23,24)/t18-/m0/s1. The second-order valence-corrected chi connectivity index (χ2v) is 7.16. The summed E-state index contributed by atoms with van der Waals surface area (Å²) in [5, 5.41) is 6.73. The van der Waals surface area contributed by atoms with Gasteiger partial charge in [0.05, 0.1) is 7.11 Å². The molecule has 1 aromatic carbocycles. The van der Waals surface area contributed by atoms with Gasteiger partial charge in [-0.2, -0.15) is 0 Å². The number of benzene rings is 1. The number of nitrogens with one attached hydrogen (secondary N) is 2. The van der Waals surface area contributed by atoms with Crippen LogP contribution in [0.15, 0.2) is 40.1 Å². The van der Waals surface area contributed by atoms with Crippen LogP contribution >= 0.6 is 0 Å². The molecule has 7 heteroatoms. The minimum atomic E-state index is -0.459. The minimum absolute atomic E-state index is 0.119. The predicted octanol–water partition coefficient (Wildman–Crippen LogP) is 2.81. The van der Waals surface area contributed by atoms with Gasteiger partial charge in [0.1, 0.15) is 5.75 Å². The van der Waals surface area contributed by atoms with E-state index in [9.17, 15) is 4.79 Å². The molecule has 1 fully saturated rings. The number of methoxy groups -OCH3 is 1. The highest BCUT2D eigenvalue weighted by Crippen LogP contribution is 2.27. The normalized spacial score (nSPS) is 19.6. The lowest BCUT2D eigenvalue weighted by Crippen LogP contribution is -2.45. The fourth-order valence-corrected chi connectivity index (χ4v) is 3.76. The number of aromatic nitrogens is 2. The number of hydrogen-bond donors (Lipinski definition) is 2. The molecule has 0 saturated heterocycles. The Bertz CT molecular complexity index is 898. The van der Waals surface area contributed by atoms with Crippen molar-refractivity contribution in [3.8, 4) is 5.75 Å². The van der Waals surface area contributed by atoms with E-state index in [1.807, 2.05) is 31.2 Å². The van der Waals surface area contributed by atoms with Crippen molar-refractivity contribution in [2.45, 2.75) is 51.2 Å². The molecule has 1 aliphatic carbocycles. The summed E-state index contributed by atoms with van der Waals surface area (Å²) >= 11 is 0. The summed E-state index contributed by atoms with van der Waals surface area (Å²) in [5.41, 5.74) is 1.48. The molecule has 2 N–H and O–H groups in total. The molecule has 2 heterocycles. The predicted molar refractivity (Wildman–Crippen MR) is 105 cm³/mol. The number of nitrogens with zero attached hydrogens (tertiary/aromatic N) is 3. The van der Waals surface area contributed by atoms with Crippen LogP contribution in [0.25, 0.3) is 0 Å². The van der Waals surface area contributed by atoms with Crippen molar-refractivity contribution in [2.75, 3.05) is 12.4 Å². The van der Waals surface area contributed by atoms with E-state index in [0.29, 0.717) is 23.6 Å². The van der Waals surface area contributed by atoms with Crippen LogP contribution in [-0.2, 0) is 0 Å². The summed E-state index contributed by atoms with van der Waals surface area (Å²) in [6, 6.07) is 9.58. The lowest BCUT2D eigenvalue weighted by atomic mass is 9.96. The number of hydrogen-bond acceptors (Lipinski definition) is 6. The maximum Gasteiger partial charge on any atom is 0.257 e. The van der Waals surface area contributed by atoms with Crippen LogP contribution in [0.2, 0.25) is 0 Å². The number of aryl methyl sites for hydroxylation is 1. The van der Waals surface area contributed by atoms with Gasteiger partial charge in [0.2, 0.25) is 11.9 Å². The molecule has 142 valence electrons. The first kappa shape index (κ1) is 17.6. The molecule has 1 saturated carbocycles. The van der Waals surface area contributed by atoms with Gasteiger partial charge in [0.15, 0.2) is 6.17 Å². The van der Waals surface area contributed by atoms with Crippen LogP contribution < -0.4 is 20.9 Å². The van der Waals surface area contributed by atoms with E-state index >= 15 is 0 Å². The van der Waals surface area contributed by atoms with E-state index in [4.69, 9.17) is 9.73 Å². The Balaban J connectivity index is 1.71. The van der Waals surface area contributed by atoms with Crippen molar-refractivity contribution in [3.05, 3.63) is 51.9 Å². The van der Waals surface area contributed by atoms with Crippen molar-refractivity contribution in [2.24, 2.45) is 4.99 Å². The summed E-state index contributed by atoms with van der Waals surface area (Å²) in [6.07, 6.45) is 5.59. The molecule has 1 aromatic heterocycles. The van der Waals surface area contributed by atoms with Gasteiger partial charge in [-0.25, -0.2) is 9.98 Å². The summed E-state index contributed by atoms with van der Waals surface area (Å²) in [4.78, 5) is 22.0. The maximum atomic E-state index is 12.7. The molecule has 0 unspecified atom stereocenters. The minimum Gasteiger partial charge on any atom is -0.497 e. The van der Waals surface area contributed by atoms with Crippen molar-refractivity contribution in [3.63, 3.8) is 0 Å². The average Bonchev–Trinajstić information content (AvgIpc) is 2.68. The summed E-state index contributed by atoms with van der Waals surface area (Å²) < 4.78 is 6.84. The number of anilines is 1. The monoisotopic (exact) mass is 367 g/mol. The Labute approximate surface area is 158 Å². The first-order valence-corrected chi connectivity index (χ1v) is 9.49. The number of fused-ring (bicyclic) bond motifs is 1. The highest BCUT2D eigenvalue weighted by Gasteiger charge is 2.26. The highest BCUT2D eigenvalue weighted by molar-refractivity contribution is 5.93. The van der Waals surface area contributed by atoms with Crippen molar-refractivity contribution < 1.29 is 4.74 Å². The second-order valence-electron chi connectivity index (χ2n) is 7.16. The molecular weight excluding hydrogens is 342 g/mol. The third-order valence-corrected chi connectivity index (χ3v) is 5.17. The summed E-state index contributed by atoms with van der Waals surface area (Å²) in [7, 11) is 1.64. The molecule has 27 heavy (non-hydrogen) atoms. The molecule has 4 rings (SSSR count). The van der Waals surface area contributed by atoms with Crippen LogP contribution in [-0.4, -0.2) is 28.7 Å². The van der Waals surface area contributed by atoms with Gasteiger partial charge in [-0.1, -0.05) is 31.4 Å². The fourth-order valence-electron chi connectivity index (χ4n) is 3.76. The van der Waals surface area contributed by atoms with E-state index in [2.05, 4.69) is 15.6 Å². The van der Waals surface area contributed by atoms with Crippen molar-refractivity contribution in [1.29, 1.82) is 0 Å².